The summed E-state index contributed by atoms with van der Waals surface area (Å²) in [6.07, 6.45) is 1.46. The average Bonchev–Trinajstić information content (AvgIpc) is 3.18. The van der Waals surface area contributed by atoms with E-state index in [9.17, 15) is 4.79 Å². The number of carbonyl (C=O) groups is 1. The van der Waals surface area contributed by atoms with Crippen LogP contribution in [0.25, 0.3) is 5.69 Å². The second kappa shape index (κ2) is 6.43. The predicted molar refractivity (Wildman–Crippen MR) is 86.9 cm³/mol. The first kappa shape index (κ1) is 15.6. The van der Waals surface area contributed by atoms with Gasteiger partial charge in [-0.05, 0) is 42.5 Å². The van der Waals surface area contributed by atoms with Gasteiger partial charge in [0.1, 0.15) is 11.3 Å². The molecule has 9 heteroatoms. The third-order valence-electron chi connectivity index (χ3n) is 3.17. The van der Waals surface area contributed by atoms with Gasteiger partial charge in [-0.15, -0.1) is 16.4 Å². The number of nitrogens with zero attached hydrogens (tertiary/aromatic N) is 5. The minimum atomic E-state index is -0.251. The Kier molecular flexibility index (Phi) is 4.35. The number of carbonyl (C=O) groups excluding carboxylic acids is 1. The highest BCUT2D eigenvalue weighted by Gasteiger charge is 2.17. The molecule has 2 aromatic heterocycles. The second-order valence-electron chi connectivity index (χ2n) is 4.94. The number of aryl methyl sites for hydroxylation is 1. The third-order valence-corrected chi connectivity index (χ3v) is 4.62. The van der Waals surface area contributed by atoms with Gasteiger partial charge in [-0.25, -0.2) is 9.67 Å². The van der Waals surface area contributed by atoms with Crippen molar-refractivity contribution in [1.29, 1.82) is 0 Å². The van der Waals surface area contributed by atoms with Crippen LogP contribution in [0.15, 0.2) is 29.9 Å². The van der Waals surface area contributed by atoms with Gasteiger partial charge in [0.05, 0.1) is 22.3 Å². The van der Waals surface area contributed by atoms with Crippen molar-refractivity contribution in [2.45, 2.75) is 19.9 Å². The molecular formula is C14H13ClN6OS. The van der Waals surface area contributed by atoms with Crippen LogP contribution in [0.3, 0.4) is 0 Å². The first-order valence-electron chi connectivity index (χ1n) is 6.80. The van der Waals surface area contributed by atoms with E-state index in [0.29, 0.717) is 16.3 Å². The van der Waals surface area contributed by atoms with Crippen LogP contribution in [0.4, 0.5) is 0 Å². The van der Waals surface area contributed by atoms with Crippen molar-refractivity contribution in [2.75, 3.05) is 0 Å². The standard InChI is InChI=1S/C14H13ClN6OS/c1-8-6-23-14(17-8)9(2)18-13(22)11-4-3-10(5-12(11)15)21-7-16-19-20-21/h3-7,9H,1-2H3,(H,18,22). The smallest absolute Gasteiger partial charge is 0.253 e. The summed E-state index contributed by atoms with van der Waals surface area (Å²) in [5, 5.41) is 17.0. The number of aromatic nitrogens is 5. The maximum Gasteiger partial charge on any atom is 0.253 e. The lowest BCUT2D eigenvalue weighted by atomic mass is 10.2. The number of amides is 1. The Morgan fingerprint density at radius 3 is 2.87 bits per heavy atom. The quantitative estimate of drug-likeness (QED) is 0.783. The molecule has 0 fully saturated rings. The van der Waals surface area contributed by atoms with Crippen molar-refractivity contribution in [3.8, 4) is 5.69 Å². The Morgan fingerprint density at radius 1 is 1.43 bits per heavy atom. The molecular weight excluding hydrogens is 336 g/mol. The number of thiazole rings is 1. The van der Waals surface area contributed by atoms with E-state index in [1.54, 1.807) is 18.2 Å². The molecule has 0 spiro atoms. The molecule has 0 aliphatic rings. The zero-order valence-electron chi connectivity index (χ0n) is 12.4. The number of hydrogen-bond donors (Lipinski definition) is 1. The largest absolute Gasteiger partial charge is 0.343 e. The molecule has 1 N–H and O–H groups in total. The van der Waals surface area contributed by atoms with Crippen LogP contribution in [-0.2, 0) is 0 Å². The van der Waals surface area contributed by atoms with Crippen molar-refractivity contribution >= 4 is 28.8 Å². The summed E-state index contributed by atoms with van der Waals surface area (Å²) >= 11 is 7.73. The van der Waals surface area contributed by atoms with Crippen LogP contribution in [0.5, 0.6) is 0 Å². The molecule has 1 atom stereocenters. The Hall–Kier alpha value is -2.32. The van der Waals surface area contributed by atoms with Gasteiger partial charge in [0.25, 0.3) is 5.91 Å². The van der Waals surface area contributed by atoms with Crippen molar-refractivity contribution in [2.24, 2.45) is 0 Å². The van der Waals surface area contributed by atoms with E-state index < -0.39 is 0 Å². The first-order valence-corrected chi connectivity index (χ1v) is 8.06. The van der Waals surface area contributed by atoms with Crippen LogP contribution in [0.1, 0.15) is 34.0 Å². The van der Waals surface area contributed by atoms with Gasteiger partial charge in [0.2, 0.25) is 0 Å². The zero-order chi connectivity index (χ0) is 16.4. The topological polar surface area (TPSA) is 85.6 Å². The summed E-state index contributed by atoms with van der Waals surface area (Å²) in [5.41, 5.74) is 2.01. The molecule has 0 aliphatic heterocycles. The highest BCUT2D eigenvalue weighted by Crippen LogP contribution is 2.22. The molecule has 7 nitrogen and oxygen atoms in total. The Morgan fingerprint density at radius 2 is 2.26 bits per heavy atom. The van der Waals surface area contributed by atoms with Gasteiger partial charge in [0, 0.05) is 11.1 Å². The molecule has 0 aliphatic carbocycles. The molecule has 2 heterocycles. The van der Waals surface area contributed by atoms with Gasteiger partial charge in [0.15, 0.2) is 0 Å². The fraction of sp³-hybridized carbons (Fsp3) is 0.214. The second-order valence-corrected chi connectivity index (χ2v) is 6.24. The molecule has 3 rings (SSSR count). The maximum atomic E-state index is 12.4. The van der Waals surface area contributed by atoms with E-state index in [0.717, 1.165) is 10.7 Å². The minimum absolute atomic E-state index is 0.184. The molecule has 1 amide bonds. The van der Waals surface area contributed by atoms with Gasteiger partial charge in [-0.1, -0.05) is 11.6 Å². The average molecular weight is 349 g/mol. The zero-order valence-corrected chi connectivity index (χ0v) is 14.0. The van der Waals surface area contributed by atoms with E-state index in [-0.39, 0.29) is 11.9 Å². The monoisotopic (exact) mass is 348 g/mol. The van der Waals surface area contributed by atoms with Crippen molar-refractivity contribution in [3.63, 3.8) is 0 Å². The first-order chi connectivity index (χ1) is 11.0. The van der Waals surface area contributed by atoms with Crippen molar-refractivity contribution in [1.82, 2.24) is 30.5 Å². The van der Waals surface area contributed by atoms with Crippen LogP contribution >= 0.6 is 22.9 Å². The third kappa shape index (κ3) is 3.38. The summed E-state index contributed by atoms with van der Waals surface area (Å²) in [4.78, 5) is 16.8. The minimum Gasteiger partial charge on any atom is -0.343 e. The molecule has 0 saturated carbocycles. The lowest BCUT2D eigenvalue weighted by Gasteiger charge is -2.12. The van der Waals surface area contributed by atoms with Crippen molar-refractivity contribution < 1.29 is 4.79 Å². The van der Waals surface area contributed by atoms with Crippen LogP contribution < -0.4 is 5.32 Å². The molecule has 0 saturated heterocycles. The van der Waals surface area contributed by atoms with E-state index in [4.69, 9.17) is 11.6 Å². The summed E-state index contributed by atoms with van der Waals surface area (Å²) < 4.78 is 1.47. The number of nitrogens with one attached hydrogen (secondary N) is 1. The Labute approximate surface area is 141 Å². The fourth-order valence-electron chi connectivity index (χ4n) is 2.02. The number of benzene rings is 1. The van der Waals surface area contributed by atoms with E-state index in [1.165, 1.54) is 22.3 Å². The molecule has 1 aromatic carbocycles. The van der Waals surface area contributed by atoms with Gasteiger partial charge in [-0.2, -0.15) is 0 Å². The van der Waals surface area contributed by atoms with Gasteiger partial charge in [-0.3, -0.25) is 4.79 Å². The fourth-order valence-corrected chi connectivity index (χ4v) is 3.08. The maximum absolute atomic E-state index is 12.4. The van der Waals surface area contributed by atoms with Crippen LogP contribution in [0, 0.1) is 6.92 Å². The summed E-state index contributed by atoms with van der Waals surface area (Å²) in [7, 11) is 0. The summed E-state index contributed by atoms with van der Waals surface area (Å²) in [6.45, 7) is 3.81. The number of halogens is 1. The SMILES string of the molecule is Cc1csc(C(C)NC(=O)c2ccc(-n3cnnn3)cc2Cl)n1. The number of rotatable bonds is 4. The van der Waals surface area contributed by atoms with E-state index >= 15 is 0 Å². The molecule has 1 unspecified atom stereocenters. The molecule has 0 radical (unpaired) electrons. The van der Waals surface area contributed by atoms with Crippen molar-refractivity contribution in [3.05, 3.63) is 51.2 Å². The van der Waals surface area contributed by atoms with Crippen LogP contribution in [-0.4, -0.2) is 31.1 Å². The molecule has 23 heavy (non-hydrogen) atoms. The van der Waals surface area contributed by atoms with E-state index in [2.05, 4.69) is 25.8 Å². The predicted octanol–water partition coefficient (Wildman–Crippen LogP) is 2.57. The normalized spacial score (nSPS) is 12.1. The number of hydrogen-bond acceptors (Lipinski definition) is 6. The number of tetrazole rings is 1. The lowest BCUT2D eigenvalue weighted by molar-refractivity contribution is 0.0940. The Balaban J connectivity index is 1.77. The molecule has 3 aromatic rings. The highest BCUT2D eigenvalue weighted by molar-refractivity contribution is 7.09. The summed E-state index contributed by atoms with van der Waals surface area (Å²) in [5.74, 6) is -0.251. The van der Waals surface area contributed by atoms with Crippen LogP contribution in [0.2, 0.25) is 5.02 Å². The lowest BCUT2D eigenvalue weighted by Crippen LogP contribution is -2.26. The Bertz CT molecular complexity index is 832. The van der Waals surface area contributed by atoms with Gasteiger partial charge >= 0.3 is 0 Å². The van der Waals surface area contributed by atoms with Gasteiger partial charge < -0.3 is 5.32 Å². The molecule has 0 bridgehead atoms. The summed E-state index contributed by atoms with van der Waals surface area (Å²) in [6, 6.07) is 4.84. The highest BCUT2D eigenvalue weighted by atomic mass is 35.5. The molecule has 118 valence electrons. The van der Waals surface area contributed by atoms with E-state index in [1.807, 2.05) is 19.2 Å².